The molecule has 1 aromatic heterocycles. The number of nitrogens with zero attached hydrogens (tertiary/aromatic N) is 2. The zero-order valence-electron chi connectivity index (χ0n) is 16.6. The molecule has 2 aliphatic heterocycles. The Morgan fingerprint density at radius 3 is 2.70 bits per heavy atom. The molecule has 3 N–H and O–H groups in total. The van der Waals surface area contributed by atoms with Gasteiger partial charge in [-0.25, -0.2) is 9.59 Å². The number of hydrogen-bond acceptors (Lipinski definition) is 3. The molecule has 0 saturated carbocycles. The van der Waals surface area contributed by atoms with Gasteiger partial charge in [0.1, 0.15) is 0 Å². The number of aromatic nitrogens is 1. The number of carboxylic acids is 1. The first kappa shape index (κ1) is 20.2. The Bertz CT molecular complexity index is 1120. The van der Waals surface area contributed by atoms with Crippen molar-refractivity contribution in [2.75, 3.05) is 25.0 Å². The van der Waals surface area contributed by atoms with Crippen molar-refractivity contribution in [1.29, 1.82) is 0 Å². The highest BCUT2D eigenvalue weighted by molar-refractivity contribution is 9.10. The molecule has 0 spiro atoms. The molecule has 4 rings (SSSR count). The Kier molecular flexibility index (Phi) is 5.15. The number of urea groups is 1. The largest absolute Gasteiger partial charge is 0.478 e. The fourth-order valence-electron chi connectivity index (χ4n) is 4.09. The third kappa shape index (κ3) is 3.39. The minimum absolute atomic E-state index is 0.121. The molecule has 2 aliphatic rings. The molecular formula is C21H21BrN4O4. The maximum atomic E-state index is 12.6. The van der Waals surface area contributed by atoms with Crippen LogP contribution in [0.5, 0.6) is 0 Å². The first-order valence-corrected chi connectivity index (χ1v) is 10.4. The lowest BCUT2D eigenvalue weighted by Crippen LogP contribution is -2.31. The molecule has 1 aromatic carbocycles. The minimum Gasteiger partial charge on any atom is -0.478 e. The summed E-state index contributed by atoms with van der Waals surface area (Å²) in [5.41, 5.74) is 4.02. The van der Waals surface area contributed by atoms with Gasteiger partial charge >= 0.3 is 12.0 Å². The van der Waals surface area contributed by atoms with Crippen LogP contribution in [0.2, 0.25) is 0 Å². The van der Waals surface area contributed by atoms with E-state index in [2.05, 4.69) is 26.6 Å². The molecule has 3 amide bonds. The smallest absolute Gasteiger partial charge is 0.337 e. The molecule has 9 heteroatoms. The Labute approximate surface area is 181 Å². The average Bonchev–Trinajstić information content (AvgIpc) is 3.29. The van der Waals surface area contributed by atoms with Crippen molar-refractivity contribution in [1.82, 2.24) is 14.8 Å². The molecule has 0 aliphatic carbocycles. The van der Waals surface area contributed by atoms with Crippen molar-refractivity contribution >= 4 is 51.2 Å². The molecular weight excluding hydrogens is 452 g/mol. The third-order valence-electron chi connectivity index (χ3n) is 5.61. The normalized spacial score (nSPS) is 16.8. The number of nitrogens with one attached hydrogen (secondary N) is 2. The third-order valence-corrected chi connectivity index (χ3v) is 6.11. The van der Waals surface area contributed by atoms with Gasteiger partial charge in [0.2, 0.25) is 0 Å². The van der Waals surface area contributed by atoms with Crippen molar-refractivity contribution in [3.05, 3.63) is 50.8 Å². The number of halogens is 1. The number of carbonyl (C=O) groups excluding carboxylic acids is 2. The molecule has 8 nitrogen and oxygen atoms in total. The number of carbonyl (C=O) groups is 3. The number of anilines is 1. The van der Waals surface area contributed by atoms with E-state index in [9.17, 15) is 19.5 Å². The first-order valence-electron chi connectivity index (χ1n) is 9.56. The van der Waals surface area contributed by atoms with Gasteiger partial charge in [0.05, 0.1) is 11.1 Å². The number of aromatic carboxylic acids is 1. The number of hydrogen-bond donors (Lipinski definition) is 3. The number of amides is 3. The van der Waals surface area contributed by atoms with Crippen molar-refractivity contribution in [2.24, 2.45) is 0 Å². The molecule has 30 heavy (non-hydrogen) atoms. The van der Waals surface area contributed by atoms with Gasteiger partial charge in [-0.05, 0) is 43.7 Å². The summed E-state index contributed by atoms with van der Waals surface area (Å²) >= 11 is 3.44. The summed E-state index contributed by atoms with van der Waals surface area (Å²) in [5.74, 6) is -1.25. The van der Waals surface area contributed by atoms with Gasteiger partial charge in [-0.2, -0.15) is 0 Å². The Morgan fingerprint density at radius 2 is 2.03 bits per heavy atom. The fraction of sp³-hybridized carbons (Fsp3) is 0.286. The minimum atomic E-state index is -1.01. The lowest BCUT2D eigenvalue weighted by atomic mass is 10.0. The van der Waals surface area contributed by atoms with Crippen molar-refractivity contribution < 1.29 is 19.5 Å². The molecule has 0 radical (unpaired) electrons. The molecule has 0 atom stereocenters. The fourth-order valence-corrected chi connectivity index (χ4v) is 4.45. The topological polar surface area (TPSA) is 104 Å². The standard InChI is InChI=1S/C21H21BrN4O4/c1-11-17(10-15-14-9-13(22)3-4-16(14)24-19(15)27)26(12(2)18(11)20(28)29)8-7-25-6-5-23-21(25)30/h3-4,9-10H,5-8H2,1-2H3,(H,23,30)(H,24,27)(H,28,29)/b15-10-. The molecule has 3 heterocycles. The zero-order chi connectivity index (χ0) is 21.6. The van der Waals surface area contributed by atoms with E-state index in [0.717, 1.165) is 10.0 Å². The second kappa shape index (κ2) is 7.64. The van der Waals surface area contributed by atoms with Gasteiger partial charge in [-0.15, -0.1) is 0 Å². The lowest BCUT2D eigenvalue weighted by Gasteiger charge is -2.17. The van der Waals surface area contributed by atoms with Gasteiger partial charge < -0.3 is 25.2 Å². The van der Waals surface area contributed by atoms with E-state index in [4.69, 9.17) is 0 Å². The molecule has 1 saturated heterocycles. The van der Waals surface area contributed by atoms with Crippen molar-refractivity contribution in [2.45, 2.75) is 20.4 Å². The molecule has 0 bridgehead atoms. The Hall–Kier alpha value is -3.07. The SMILES string of the molecule is Cc1c(C(=O)O)c(C)n(CCN2CCNC2=O)c1/C=C1\C(=O)Nc2ccc(Br)cc21. The maximum Gasteiger partial charge on any atom is 0.337 e. The highest BCUT2D eigenvalue weighted by Crippen LogP contribution is 2.36. The van der Waals surface area contributed by atoms with Crippen LogP contribution in [0.25, 0.3) is 11.6 Å². The van der Waals surface area contributed by atoms with Gasteiger partial charge in [0, 0.05) is 53.3 Å². The monoisotopic (exact) mass is 472 g/mol. The highest BCUT2D eigenvalue weighted by Gasteiger charge is 2.28. The van der Waals surface area contributed by atoms with Crippen LogP contribution in [-0.4, -0.2) is 52.1 Å². The van der Waals surface area contributed by atoms with Crippen LogP contribution in [0, 0.1) is 13.8 Å². The summed E-state index contributed by atoms with van der Waals surface area (Å²) in [7, 11) is 0. The van der Waals surface area contributed by atoms with Gasteiger partial charge in [-0.3, -0.25) is 4.79 Å². The maximum absolute atomic E-state index is 12.6. The van der Waals surface area contributed by atoms with Crippen LogP contribution < -0.4 is 10.6 Å². The predicted octanol–water partition coefficient (Wildman–Crippen LogP) is 3.08. The Morgan fingerprint density at radius 1 is 1.27 bits per heavy atom. The van der Waals surface area contributed by atoms with E-state index in [1.54, 1.807) is 24.8 Å². The van der Waals surface area contributed by atoms with Crippen molar-refractivity contribution in [3.8, 4) is 0 Å². The molecule has 1 fully saturated rings. The van der Waals surface area contributed by atoms with E-state index in [1.807, 2.05) is 22.8 Å². The van der Waals surface area contributed by atoms with Gasteiger partial charge in [-0.1, -0.05) is 15.9 Å². The van der Waals surface area contributed by atoms with Crippen LogP contribution in [0.1, 0.15) is 32.9 Å². The van der Waals surface area contributed by atoms with E-state index < -0.39 is 5.97 Å². The zero-order valence-corrected chi connectivity index (χ0v) is 18.2. The van der Waals surface area contributed by atoms with E-state index in [-0.39, 0.29) is 17.5 Å². The second-order valence-electron chi connectivity index (χ2n) is 7.35. The van der Waals surface area contributed by atoms with Crippen LogP contribution >= 0.6 is 15.9 Å². The van der Waals surface area contributed by atoms with Crippen LogP contribution in [0.3, 0.4) is 0 Å². The summed E-state index contributed by atoms with van der Waals surface area (Å²) in [6.07, 6.45) is 1.74. The summed E-state index contributed by atoms with van der Waals surface area (Å²) in [4.78, 5) is 38.1. The predicted molar refractivity (Wildman–Crippen MR) is 116 cm³/mol. The lowest BCUT2D eigenvalue weighted by molar-refractivity contribution is -0.110. The van der Waals surface area contributed by atoms with E-state index in [0.29, 0.717) is 54.4 Å². The quantitative estimate of drug-likeness (QED) is 0.581. The summed E-state index contributed by atoms with van der Waals surface area (Å²) in [5, 5.41) is 15.3. The first-order chi connectivity index (χ1) is 14.3. The Balaban J connectivity index is 1.79. The summed E-state index contributed by atoms with van der Waals surface area (Å²) in [6.45, 7) is 5.60. The van der Waals surface area contributed by atoms with Crippen molar-refractivity contribution in [3.63, 3.8) is 0 Å². The molecule has 0 unspecified atom stereocenters. The van der Waals surface area contributed by atoms with Gasteiger partial charge in [0.15, 0.2) is 0 Å². The number of fused-ring (bicyclic) bond motifs is 1. The van der Waals surface area contributed by atoms with E-state index in [1.165, 1.54) is 0 Å². The number of benzene rings is 1. The summed E-state index contributed by atoms with van der Waals surface area (Å²) in [6, 6.07) is 5.42. The molecule has 156 valence electrons. The van der Waals surface area contributed by atoms with Gasteiger partial charge in [0.25, 0.3) is 5.91 Å². The molecule has 2 aromatic rings. The number of carboxylic acid groups (broad SMARTS) is 1. The van der Waals surface area contributed by atoms with Crippen LogP contribution in [0.15, 0.2) is 22.7 Å². The van der Waals surface area contributed by atoms with E-state index >= 15 is 0 Å². The van der Waals surface area contributed by atoms with Crippen LogP contribution in [0.4, 0.5) is 10.5 Å². The second-order valence-corrected chi connectivity index (χ2v) is 8.26. The van der Waals surface area contributed by atoms with Crippen LogP contribution in [-0.2, 0) is 11.3 Å². The highest BCUT2D eigenvalue weighted by atomic mass is 79.9. The number of rotatable bonds is 5. The summed E-state index contributed by atoms with van der Waals surface area (Å²) < 4.78 is 2.72. The average molecular weight is 473 g/mol.